The van der Waals surface area contributed by atoms with Crippen LogP contribution in [0.5, 0.6) is 0 Å². The average molecular weight is 359 g/mol. The zero-order valence-electron chi connectivity index (χ0n) is 11.2. The van der Waals surface area contributed by atoms with Crippen molar-refractivity contribution in [2.24, 2.45) is 5.73 Å². The Hall–Kier alpha value is -1.76. The molecule has 0 aliphatic carbocycles. The van der Waals surface area contributed by atoms with E-state index >= 15 is 0 Å². The first kappa shape index (κ1) is 16.6. The molecule has 2 aromatic rings. The van der Waals surface area contributed by atoms with E-state index in [2.05, 4.69) is 4.72 Å². The SMILES string of the molecule is NC(=O)c1ccccc1NS(=O)(=O)Cc1ccc(Cl)c(Cl)c1. The molecule has 0 unspecified atom stereocenters. The quantitative estimate of drug-likeness (QED) is 0.860. The van der Waals surface area contributed by atoms with Crippen molar-refractivity contribution >= 4 is 44.8 Å². The van der Waals surface area contributed by atoms with E-state index in [-0.39, 0.29) is 22.0 Å². The number of carbonyl (C=O) groups excluding carboxylic acids is 1. The van der Waals surface area contributed by atoms with Crippen LogP contribution in [0.15, 0.2) is 42.5 Å². The standard InChI is InChI=1S/C14H12Cl2N2O3S/c15-11-6-5-9(7-12(11)16)8-22(20,21)18-13-4-2-1-3-10(13)14(17)19/h1-7,18H,8H2,(H2,17,19). The van der Waals surface area contributed by atoms with Gasteiger partial charge in [0.1, 0.15) is 0 Å². The predicted molar refractivity (Wildman–Crippen MR) is 87.7 cm³/mol. The summed E-state index contributed by atoms with van der Waals surface area (Å²) in [6, 6.07) is 10.7. The molecule has 0 spiro atoms. The molecule has 0 heterocycles. The molecule has 0 aromatic heterocycles. The van der Waals surface area contributed by atoms with Crippen LogP contribution >= 0.6 is 23.2 Å². The molecule has 0 saturated heterocycles. The molecule has 0 aliphatic rings. The lowest BCUT2D eigenvalue weighted by molar-refractivity contribution is 0.100. The summed E-state index contributed by atoms with van der Waals surface area (Å²) in [5.74, 6) is -1.02. The first-order chi connectivity index (χ1) is 10.3. The topological polar surface area (TPSA) is 89.3 Å². The van der Waals surface area contributed by atoms with E-state index in [1.165, 1.54) is 24.3 Å². The number of nitrogens with two attached hydrogens (primary N) is 1. The summed E-state index contributed by atoms with van der Waals surface area (Å²) in [5.41, 5.74) is 5.92. The molecule has 22 heavy (non-hydrogen) atoms. The predicted octanol–water partition coefficient (Wildman–Crippen LogP) is 3.03. The van der Waals surface area contributed by atoms with Gasteiger partial charge in [0.2, 0.25) is 10.0 Å². The zero-order chi connectivity index (χ0) is 16.3. The van der Waals surface area contributed by atoms with Gasteiger partial charge in [0.15, 0.2) is 0 Å². The molecule has 0 atom stereocenters. The lowest BCUT2D eigenvalue weighted by atomic mass is 10.2. The number of sulfonamides is 1. The fourth-order valence-corrected chi connectivity index (χ4v) is 3.36. The number of hydrogen-bond acceptors (Lipinski definition) is 3. The van der Waals surface area contributed by atoms with Crippen LogP contribution in [0.2, 0.25) is 10.0 Å². The van der Waals surface area contributed by atoms with Crippen molar-refractivity contribution < 1.29 is 13.2 Å². The number of amides is 1. The summed E-state index contributed by atoms with van der Waals surface area (Å²) in [6.07, 6.45) is 0. The Morgan fingerprint density at radius 2 is 1.77 bits per heavy atom. The van der Waals surface area contributed by atoms with Gasteiger partial charge in [-0.25, -0.2) is 8.42 Å². The van der Waals surface area contributed by atoms with E-state index in [0.29, 0.717) is 10.6 Å². The van der Waals surface area contributed by atoms with E-state index in [0.717, 1.165) is 0 Å². The largest absolute Gasteiger partial charge is 0.366 e. The number of carbonyl (C=O) groups is 1. The van der Waals surface area contributed by atoms with Gasteiger partial charge in [-0.15, -0.1) is 0 Å². The summed E-state index contributed by atoms with van der Waals surface area (Å²) >= 11 is 11.7. The highest BCUT2D eigenvalue weighted by atomic mass is 35.5. The highest BCUT2D eigenvalue weighted by Crippen LogP contribution is 2.24. The van der Waals surface area contributed by atoms with Gasteiger partial charge >= 0.3 is 0 Å². The Balaban J connectivity index is 2.25. The molecule has 0 bridgehead atoms. The summed E-state index contributed by atoms with van der Waals surface area (Å²) in [4.78, 5) is 11.3. The number of halogens is 2. The van der Waals surface area contributed by atoms with E-state index in [1.807, 2.05) is 0 Å². The van der Waals surface area contributed by atoms with Crippen molar-refractivity contribution in [1.82, 2.24) is 0 Å². The van der Waals surface area contributed by atoms with Crippen LogP contribution in [0.1, 0.15) is 15.9 Å². The molecule has 0 radical (unpaired) electrons. The van der Waals surface area contributed by atoms with Crippen LogP contribution in [0, 0.1) is 0 Å². The summed E-state index contributed by atoms with van der Waals surface area (Å²) in [5, 5.41) is 0.613. The number of para-hydroxylation sites is 1. The van der Waals surface area contributed by atoms with Crippen molar-refractivity contribution in [2.75, 3.05) is 4.72 Å². The second kappa shape index (κ2) is 6.56. The molecule has 8 heteroatoms. The van der Waals surface area contributed by atoms with Gasteiger partial charge in [-0.3, -0.25) is 9.52 Å². The number of rotatable bonds is 5. The molecular weight excluding hydrogens is 347 g/mol. The highest BCUT2D eigenvalue weighted by molar-refractivity contribution is 7.91. The lowest BCUT2D eigenvalue weighted by Gasteiger charge is -2.11. The monoisotopic (exact) mass is 358 g/mol. The molecule has 116 valence electrons. The smallest absolute Gasteiger partial charge is 0.250 e. The van der Waals surface area contributed by atoms with Crippen molar-refractivity contribution in [1.29, 1.82) is 0 Å². The first-order valence-electron chi connectivity index (χ1n) is 6.12. The molecule has 5 nitrogen and oxygen atoms in total. The number of hydrogen-bond donors (Lipinski definition) is 2. The van der Waals surface area contributed by atoms with Crippen molar-refractivity contribution in [3.05, 3.63) is 63.6 Å². The Labute approximate surface area is 138 Å². The van der Waals surface area contributed by atoms with E-state index in [4.69, 9.17) is 28.9 Å². The zero-order valence-corrected chi connectivity index (χ0v) is 13.5. The molecule has 2 aromatic carbocycles. The van der Waals surface area contributed by atoms with E-state index in [9.17, 15) is 13.2 Å². The van der Waals surface area contributed by atoms with Crippen LogP contribution in [0.4, 0.5) is 5.69 Å². The van der Waals surface area contributed by atoms with Crippen LogP contribution in [0.3, 0.4) is 0 Å². The molecule has 0 saturated carbocycles. The Bertz CT molecular complexity index is 823. The second-order valence-corrected chi connectivity index (χ2v) is 7.06. The molecule has 2 rings (SSSR count). The highest BCUT2D eigenvalue weighted by Gasteiger charge is 2.16. The third-order valence-electron chi connectivity index (χ3n) is 2.80. The fourth-order valence-electron chi connectivity index (χ4n) is 1.84. The molecule has 3 N–H and O–H groups in total. The third-order valence-corrected chi connectivity index (χ3v) is 4.78. The molecule has 1 amide bonds. The Kier molecular flexibility index (Phi) is 4.95. The first-order valence-corrected chi connectivity index (χ1v) is 8.52. The number of primary amides is 1. The molecule has 0 aliphatic heterocycles. The lowest BCUT2D eigenvalue weighted by Crippen LogP contribution is -2.19. The normalized spacial score (nSPS) is 11.2. The fraction of sp³-hybridized carbons (Fsp3) is 0.0714. The maximum atomic E-state index is 12.2. The van der Waals surface area contributed by atoms with E-state index in [1.54, 1.807) is 18.2 Å². The maximum absolute atomic E-state index is 12.2. The third kappa shape index (κ3) is 4.13. The van der Waals surface area contributed by atoms with Crippen LogP contribution in [-0.4, -0.2) is 14.3 Å². The summed E-state index contributed by atoms with van der Waals surface area (Å²) in [6.45, 7) is 0. The minimum atomic E-state index is -3.73. The van der Waals surface area contributed by atoms with Gasteiger partial charge in [0.05, 0.1) is 27.0 Å². The molecular formula is C14H12Cl2N2O3S. The molecule has 0 fully saturated rings. The minimum absolute atomic E-state index is 0.0974. The van der Waals surface area contributed by atoms with Crippen LogP contribution < -0.4 is 10.5 Å². The van der Waals surface area contributed by atoms with Crippen LogP contribution in [0.25, 0.3) is 0 Å². The van der Waals surface area contributed by atoms with Gasteiger partial charge in [-0.2, -0.15) is 0 Å². The minimum Gasteiger partial charge on any atom is -0.366 e. The van der Waals surface area contributed by atoms with Crippen molar-refractivity contribution in [3.8, 4) is 0 Å². The van der Waals surface area contributed by atoms with Gasteiger partial charge in [0.25, 0.3) is 5.91 Å². The van der Waals surface area contributed by atoms with Gasteiger partial charge in [-0.05, 0) is 29.8 Å². The van der Waals surface area contributed by atoms with Crippen molar-refractivity contribution in [3.63, 3.8) is 0 Å². The Morgan fingerprint density at radius 1 is 1.09 bits per heavy atom. The summed E-state index contributed by atoms with van der Waals surface area (Å²) in [7, 11) is -3.73. The van der Waals surface area contributed by atoms with Crippen LogP contribution in [-0.2, 0) is 15.8 Å². The van der Waals surface area contributed by atoms with E-state index < -0.39 is 15.9 Å². The van der Waals surface area contributed by atoms with Crippen molar-refractivity contribution in [2.45, 2.75) is 5.75 Å². The Morgan fingerprint density at radius 3 is 2.41 bits per heavy atom. The van der Waals surface area contributed by atoms with Gasteiger partial charge in [0, 0.05) is 0 Å². The number of benzene rings is 2. The number of nitrogens with one attached hydrogen (secondary N) is 1. The maximum Gasteiger partial charge on any atom is 0.250 e. The van der Waals surface area contributed by atoms with Gasteiger partial charge in [-0.1, -0.05) is 41.4 Å². The second-order valence-electron chi connectivity index (χ2n) is 4.52. The average Bonchev–Trinajstić information content (AvgIpc) is 2.42. The number of anilines is 1. The summed E-state index contributed by atoms with van der Waals surface area (Å²) < 4.78 is 26.7. The van der Waals surface area contributed by atoms with Gasteiger partial charge < -0.3 is 5.73 Å².